The lowest BCUT2D eigenvalue weighted by molar-refractivity contribution is 0.855. The summed E-state index contributed by atoms with van der Waals surface area (Å²) >= 11 is 8.69. The van der Waals surface area contributed by atoms with Gasteiger partial charge in [-0.3, -0.25) is 4.98 Å². The molecule has 0 unspecified atom stereocenters. The first-order valence-corrected chi connectivity index (χ1v) is 4.51. The van der Waals surface area contributed by atoms with Gasteiger partial charge >= 0.3 is 0 Å². The van der Waals surface area contributed by atoms with Gasteiger partial charge in [-0.25, -0.2) is 0 Å². The molecule has 0 fully saturated rings. The zero-order valence-electron chi connectivity index (χ0n) is 6.53. The van der Waals surface area contributed by atoms with Gasteiger partial charge in [0.25, 0.3) is 0 Å². The maximum absolute atomic E-state index is 4.74. The summed E-state index contributed by atoms with van der Waals surface area (Å²) in [6.45, 7) is 0.791. The number of rotatable bonds is 3. The number of nitrogens with one attached hydrogen (secondary N) is 1. The molecule has 2 nitrogen and oxygen atoms in total. The lowest BCUT2D eigenvalue weighted by atomic mass is 10.3. The second-order valence-corrected chi connectivity index (χ2v) is 3.46. The quantitative estimate of drug-likeness (QED) is 0.568. The minimum absolute atomic E-state index is 0.533. The molecule has 1 N–H and O–H groups in total. The van der Waals surface area contributed by atoms with Crippen LogP contribution in [0.1, 0.15) is 5.69 Å². The number of hydrogen-bond donors (Lipinski definition) is 2. The second kappa shape index (κ2) is 5.11. The van der Waals surface area contributed by atoms with E-state index < -0.39 is 0 Å². The van der Waals surface area contributed by atoms with Crippen LogP contribution in [-0.2, 0) is 6.42 Å². The lowest BCUT2D eigenvalue weighted by Crippen LogP contribution is -2.19. The predicted molar refractivity (Wildman–Crippen MR) is 57.5 cm³/mol. The Morgan fingerprint density at radius 1 is 1.58 bits per heavy atom. The monoisotopic (exact) mass is 198 g/mol. The van der Waals surface area contributed by atoms with E-state index in [0.29, 0.717) is 4.32 Å². The highest BCUT2D eigenvalue weighted by atomic mass is 32.1. The molecule has 0 amide bonds. The average Bonchev–Trinajstić information content (AvgIpc) is 2.05. The van der Waals surface area contributed by atoms with Gasteiger partial charge in [-0.2, -0.15) is 0 Å². The van der Waals surface area contributed by atoms with E-state index in [0.717, 1.165) is 18.7 Å². The summed E-state index contributed by atoms with van der Waals surface area (Å²) in [6, 6.07) is 5.87. The summed E-state index contributed by atoms with van der Waals surface area (Å²) < 4.78 is 0.533. The average molecular weight is 198 g/mol. The topological polar surface area (TPSA) is 24.9 Å². The van der Waals surface area contributed by atoms with Crippen molar-refractivity contribution in [3.05, 3.63) is 30.1 Å². The first-order valence-electron chi connectivity index (χ1n) is 3.66. The van der Waals surface area contributed by atoms with E-state index >= 15 is 0 Å². The minimum Gasteiger partial charge on any atom is -0.371 e. The van der Waals surface area contributed by atoms with E-state index in [4.69, 9.17) is 12.2 Å². The van der Waals surface area contributed by atoms with Gasteiger partial charge in [0.05, 0.1) is 0 Å². The molecule has 1 heterocycles. The molecule has 12 heavy (non-hydrogen) atoms. The smallest absolute Gasteiger partial charge is 0.130 e. The van der Waals surface area contributed by atoms with Crippen LogP contribution in [0.4, 0.5) is 0 Å². The first kappa shape index (κ1) is 9.48. The highest BCUT2D eigenvalue weighted by molar-refractivity contribution is 8.11. The number of nitrogens with zero attached hydrogens (tertiary/aromatic N) is 1. The van der Waals surface area contributed by atoms with Crippen molar-refractivity contribution < 1.29 is 0 Å². The van der Waals surface area contributed by atoms with Crippen molar-refractivity contribution >= 4 is 29.2 Å². The molecule has 0 aliphatic heterocycles. The molecule has 0 saturated heterocycles. The molecule has 0 radical (unpaired) electrons. The molecule has 1 aromatic rings. The van der Waals surface area contributed by atoms with Crippen LogP contribution in [0.25, 0.3) is 0 Å². The zero-order valence-corrected chi connectivity index (χ0v) is 8.24. The molecule has 0 aromatic carbocycles. The third-order valence-electron chi connectivity index (χ3n) is 1.38. The molecule has 64 valence electrons. The van der Waals surface area contributed by atoms with Crippen molar-refractivity contribution in [2.45, 2.75) is 6.42 Å². The molecule has 1 rings (SSSR count). The van der Waals surface area contributed by atoms with Crippen LogP contribution >= 0.6 is 24.8 Å². The van der Waals surface area contributed by atoms with E-state index in [2.05, 4.69) is 22.9 Å². The normalized spacial score (nSPS) is 9.42. The lowest BCUT2D eigenvalue weighted by Gasteiger charge is -2.01. The molecule has 0 spiro atoms. The van der Waals surface area contributed by atoms with Crippen molar-refractivity contribution in [3.63, 3.8) is 0 Å². The van der Waals surface area contributed by atoms with E-state index in [1.807, 2.05) is 18.2 Å². The third kappa shape index (κ3) is 3.69. The van der Waals surface area contributed by atoms with E-state index in [1.54, 1.807) is 6.20 Å². The summed E-state index contributed by atoms with van der Waals surface area (Å²) in [5, 5.41) is 2.95. The Morgan fingerprint density at radius 2 is 2.42 bits per heavy atom. The summed E-state index contributed by atoms with van der Waals surface area (Å²) in [6.07, 6.45) is 2.66. The Labute approximate surface area is 82.8 Å². The Kier molecular flexibility index (Phi) is 4.04. The maximum Gasteiger partial charge on any atom is 0.130 e. The summed E-state index contributed by atoms with van der Waals surface area (Å²) in [5.41, 5.74) is 1.06. The van der Waals surface area contributed by atoms with Crippen molar-refractivity contribution in [1.29, 1.82) is 0 Å². The SMILES string of the molecule is S=C(S)NCCc1ccccn1. The van der Waals surface area contributed by atoms with Crippen LogP contribution < -0.4 is 5.32 Å². The van der Waals surface area contributed by atoms with Crippen molar-refractivity contribution in [2.24, 2.45) is 0 Å². The molecule has 0 aliphatic carbocycles. The molecule has 0 bridgehead atoms. The Balaban J connectivity index is 2.29. The number of pyridine rings is 1. The molecule has 1 aromatic heterocycles. The Hall–Kier alpha value is -0.610. The van der Waals surface area contributed by atoms with E-state index in [-0.39, 0.29) is 0 Å². The highest BCUT2D eigenvalue weighted by Gasteiger charge is 1.92. The van der Waals surface area contributed by atoms with E-state index in [9.17, 15) is 0 Å². The summed E-state index contributed by atoms with van der Waals surface area (Å²) in [5.74, 6) is 0. The summed E-state index contributed by atoms with van der Waals surface area (Å²) in [4.78, 5) is 4.17. The first-order chi connectivity index (χ1) is 5.79. The van der Waals surface area contributed by atoms with Crippen LogP contribution in [0, 0.1) is 0 Å². The second-order valence-electron chi connectivity index (χ2n) is 2.30. The molecular formula is C8H10N2S2. The largest absolute Gasteiger partial charge is 0.371 e. The van der Waals surface area contributed by atoms with Gasteiger partial charge in [0.2, 0.25) is 0 Å². The number of aromatic nitrogens is 1. The fourth-order valence-electron chi connectivity index (χ4n) is 0.844. The van der Waals surface area contributed by atoms with Crippen LogP contribution in [0.3, 0.4) is 0 Å². The fraction of sp³-hybridized carbons (Fsp3) is 0.250. The van der Waals surface area contributed by atoms with Gasteiger partial charge in [0.1, 0.15) is 4.32 Å². The van der Waals surface area contributed by atoms with Gasteiger partial charge in [-0.15, -0.1) is 12.6 Å². The van der Waals surface area contributed by atoms with Gasteiger partial charge < -0.3 is 5.32 Å². The number of hydrogen-bond acceptors (Lipinski definition) is 2. The fourth-order valence-corrected chi connectivity index (χ4v) is 1.06. The molecule has 0 aliphatic rings. The number of thiocarbonyl (C=S) groups is 1. The van der Waals surface area contributed by atoms with Crippen molar-refractivity contribution in [1.82, 2.24) is 10.3 Å². The Bertz CT molecular complexity index is 248. The molecule has 4 heteroatoms. The van der Waals surface area contributed by atoms with Gasteiger partial charge in [0.15, 0.2) is 0 Å². The van der Waals surface area contributed by atoms with Gasteiger partial charge in [-0.1, -0.05) is 18.3 Å². The zero-order chi connectivity index (χ0) is 8.81. The van der Waals surface area contributed by atoms with Crippen molar-refractivity contribution in [2.75, 3.05) is 6.54 Å². The van der Waals surface area contributed by atoms with Crippen molar-refractivity contribution in [3.8, 4) is 0 Å². The minimum atomic E-state index is 0.533. The van der Waals surface area contributed by atoms with E-state index in [1.165, 1.54) is 0 Å². The van der Waals surface area contributed by atoms with Gasteiger partial charge in [0, 0.05) is 24.9 Å². The summed E-state index contributed by atoms with van der Waals surface area (Å²) in [7, 11) is 0. The van der Waals surface area contributed by atoms with Gasteiger partial charge in [-0.05, 0) is 12.1 Å². The maximum atomic E-state index is 4.74. The Morgan fingerprint density at radius 3 is 3.00 bits per heavy atom. The van der Waals surface area contributed by atoms with Crippen LogP contribution in [0.2, 0.25) is 0 Å². The van der Waals surface area contributed by atoms with Crippen LogP contribution in [0.5, 0.6) is 0 Å². The highest BCUT2D eigenvalue weighted by Crippen LogP contribution is 1.93. The predicted octanol–water partition coefficient (Wildman–Crippen LogP) is 1.43. The standard InChI is InChI=1S/C8H10N2S2/c11-8(12)10-6-4-7-3-1-2-5-9-7/h1-3,5H,4,6H2,(H2,10,11,12). The van der Waals surface area contributed by atoms with Crippen LogP contribution in [-0.4, -0.2) is 15.8 Å². The van der Waals surface area contributed by atoms with Crippen LogP contribution in [0.15, 0.2) is 24.4 Å². The number of thiol groups is 1. The third-order valence-corrected chi connectivity index (χ3v) is 1.69. The molecule has 0 saturated carbocycles. The molecule has 0 atom stereocenters. The molecular weight excluding hydrogens is 188 g/mol.